The van der Waals surface area contributed by atoms with E-state index in [4.69, 9.17) is 0 Å². The molecule has 1 nitrogen and oxygen atoms in total. The van der Waals surface area contributed by atoms with Crippen molar-refractivity contribution in [3.05, 3.63) is 151 Å². The highest BCUT2D eigenvalue weighted by Crippen LogP contribution is 2.58. The van der Waals surface area contributed by atoms with Gasteiger partial charge in [0.2, 0.25) is 0 Å². The minimum Gasteiger partial charge on any atom is -0.310 e. The van der Waals surface area contributed by atoms with E-state index in [0.717, 1.165) is 11.4 Å². The number of para-hydroxylation sites is 2. The smallest absolute Gasteiger partial charge is 0.0543 e. The highest BCUT2D eigenvalue weighted by molar-refractivity contribution is 6.22. The SMILES string of the molecule is CC1(C)c2cc(N(c3ccccc3)c3ccccc3)c3ccccc3c2-c2c1c1ccccc1c1ccccc21. The van der Waals surface area contributed by atoms with E-state index in [2.05, 4.69) is 158 Å². The van der Waals surface area contributed by atoms with Crippen LogP contribution < -0.4 is 4.90 Å². The lowest BCUT2D eigenvalue weighted by molar-refractivity contribution is 0.667. The van der Waals surface area contributed by atoms with Gasteiger partial charge in [0.05, 0.1) is 5.69 Å². The Morgan fingerprint density at radius 2 is 0.850 bits per heavy atom. The first-order valence-electron chi connectivity index (χ1n) is 14.1. The number of rotatable bonds is 3. The first-order chi connectivity index (χ1) is 19.6. The zero-order valence-corrected chi connectivity index (χ0v) is 22.7. The Balaban J connectivity index is 1.54. The Labute approximate surface area is 234 Å². The van der Waals surface area contributed by atoms with Gasteiger partial charge in [-0.05, 0) is 79.5 Å². The van der Waals surface area contributed by atoms with Gasteiger partial charge < -0.3 is 4.90 Å². The molecule has 7 aromatic rings. The van der Waals surface area contributed by atoms with Crippen LogP contribution in [0.15, 0.2) is 140 Å². The quantitative estimate of drug-likeness (QED) is 0.213. The number of benzene rings is 7. The van der Waals surface area contributed by atoms with Crippen molar-refractivity contribution < 1.29 is 0 Å². The van der Waals surface area contributed by atoms with Crippen molar-refractivity contribution in [3.8, 4) is 11.1 Å². The third kappa shape index (κ3) is 3.15. The van der Waals surface area contributed by atoms with E-state index in [1.165, 1.54) is 60.3 Å². The fourth-order valence-corrected chi connectivity index (χ4v) is 7.07. The maximum atomic E-state index is 2.47. The molecule has 1 aliphatic rings. The average Bonchev–Trinajstić information content (AvgIpc) is 3.26. The van der Waals surface area contributed by atoms with E-state index in [1.54, 1.807) is 0 Å². The van der Waals surface area contributed by atoms with E-state index in [0.29, 0.717) is 0 Å². The van der Waals surface area contributed by atoms with Crippen molar-refractivity contribution in [2.45, 2.75) is 19.3 Å². The minimum absolute atomic E-state index is 0.174. The van der Waals surface area contributed by atoms with Crippen LogP contribution in [-0.4, -0.2) is 0 Å². The molecule has 1 heteroatoms. The molecule has 8 rings (SSSR count). The number of hydrogen-bond donors (Lipinski definition) is 0. The summed E-state index contributed by atoms with van der Waals surface area (Å²) in [6.07, 6.45) is 0. The summed E-state index contributed by atoms with van der Waals surface area (Å²) in [6, 6.07) is 50.8. The molecule has 0 saturated carbocycles. The number of fused-ring (bicyclic) bond motifs is 10. The van der Waals surface area contributed by atoms with Gasteiger partial charge in [0.15, 0.2) is 0 Å². The predicted molar refractivity (Wildman–Crippen MR) is 171 cm³/mol. The molecular weight excluding hydrogens is 482 g/mol. The monoisotopic (exact) mass is 511 g/mol. The van der Waals surface area contributed by atoms with E-state index in [1.807, 2.05) is 0 Å². The molecular formula is C39H29N. The summed E-state index contributed by atoms with van der Waals surface area (Å²) < 4.78 is 0. The highest BCUT2D eigenvalue weighted by Gasteiger charge is 2.40. The lowest BCUT2D eigenvalue weighted by atomic mass is 9.79. The second kappa shape index (κ2) is 8.56. The summed E-state index contributed by atoms with van der Waals surface area (Å²) in [5.41, 5.74) is 8.93. The molecule has 0 unspecified atom stereocenters. The number of anilines is 3. The van der Waals surface area contributed by atoms with Crippen LogP contribution in [0.4, 0.5) is 17.1 Å². The lowest BCUT2D eigenvalue weighted by Crippen LogP contribution is -2.17. The largest absolute Gasteiger partial charge is 0.310 e. The fourth-order valence-electron chi connectivity index (χ4n) is 7.07. The summed E-state index contributed by atoms with van der Waals surface area (Å²) in [5.74, 6) is 0. The molecule has 0 spiro atoms. The van der Waals surface area contributed by atoms with Gasteiger partial charge in [0.1, 0.15) is 0 Å². The number of hydrogen-bond acceptors (Lipinski definition) is 1. The summed E-state index contributed by atoms with van der Waals surface area (Å²) in [4.78, 5) is 2.41. The van der Waals surface area contributed by atoms with Crippen LogP contribution in [0.2, 0.25) is 0 Å². The predicted octanol–water partition coefficient (Wildman–Crippen LogP) is 10.9. The van der Waals surface area contributed by atoms with Crippen molar-refractivity contribution in [1.29, 1.82) is 0 Å². The Hall–Kier alpha value is -4.88. The van der Waals surface area contributed by atoms with Crippen LogP contribution in [0.1, 0.15) is 25.0 Å². The lowest BCUT2D eigenvalue weighted by Gasteiger charge is -2.30. The van der Waals surface area contributed by atoms with Crippen LogP contribution in [0.25, 0.3) is 43.4 Å². The second-order valence-corrected chi connectivity index (χ2v) is 11.3. The summed E-state index contributed by atoms with van der Waals surface area (Å²) >= 11 is 0. The fraction of sp³-hybridized carbons (Fsp3) is 0.0769. The minimum atomic E-state index is -0.174. The molecule has 0 amide bonds. The molecule has 7 aromatic carbocycles. The van der Waals surface area contributed by atoms with Crippen LogP contribution in [0.3, 0.4) is 0 Å². The average molecular weight is 512 g/mol. The summed E-state index contributed by atoms with van der Waals surface area (Å²) in [7, 11) is 0. The third-order valence-corrected chi connectivity index (χ3v) is 8.77. The van der Waals surface area contributed by atoms with Crippen molar-refractivity contribution in [3.63, 3.8) is 0 Å². The Bertz CT molecular complexity index is 2030. The van der Waals surface area contributed by atoms with Crippen molar-refractivity contribution in [1.82, 2.24) is 0 Å². The molecule has 0 atom stereocenters. The van der Waals surface area contributed by atoms with E-state index < -0.39 is 0 Å². The molecule has 1 aliphatic carbocycles. The normalized spacial score (nSPS) is 13.4. The van der Waals surface area contributed by atoms with Gasteiger partial charge in [-0.3, -0.25) is 0 Å². The van der Waals surface area contributed by atoms with Crippen molar-refractivity contribution in [2.24, 2.45) is 0 Å². The van der Waals surface area contributed by atoms with E-state index >= 15 is 0 Å². The molecule has 0 saturated heterocycles. The molecule has 40 heavy (non-hydrogen) atoms. The van der Waals surface area contributed by atoms with Crippen LogP contribution in [-0.2, 0) is 5.41 Å². The maximum absolute atomic E-state index is 2.47. The summed E-state index contributed by atoms with van der Waals surface area (Å²) in [6.45, 7) is 4.82. The molecule has 0 radical (unpaired) electrons. The standard InChI is InChI=1S/C39H29N/c1-39(2)34-25-35(40(26-15-5-3-6-16-26)27-17-7-4-8-18-27)30-21-11-13-23-32(30)36(34)37-31-22-12-9-19-28(31)29-20-10-14-24-33(29)38(37)39/h3-25H,1-2H3. The highest BCUT2D eigenvalue weighted by atomic mass is 15.1. The van der Waals surface area contributed by atoms with Gasteiger partial charge in [-0.1, -0.05) is 123 Å². The molecule has 0 N–H and O–H groups in total. The topological polar surface area (TPSA) is 3.24 Å². The molecule has 190 valence electrons. The van der Waals surface area contributed by atoms with E-state index in [9.17, 15) is 0 Å². The van der Waals surface area contributed by atoms with Crippen molar-refractivity contribution in [2.75, 3.05) is 4.90 Å². The van der Waals surface area contributed by atoms with Gasteiger partial charge in [0, 0.05) is 22.2 Å². The first kappa shape index (κ1) is 23.0. The van der Waals surface area contributed by atoms with Crippen LogP contribution in [0, 0.1) is 0 Å². The maximum Gasteiger partial charge on any atom is 0.0543 e. The molecule has 0 aliphatic heterocycles. The molecule has 0 fully saturated rings. The zero-order chi connectivity index (χ0) is 26.8. The summed E-state index contributed by atoms with van der Waals surface area (Å²) in [5, 5.41) is 7.91. The van der Waals surface area contributed by atoms with Gasteiger partial charge in [-0.25, -0.2) is 0 Å². The molecule has 0 aromatic heterocycles. The van der Waals surface area contributed by atoms with E-state index in [-0.39, 0.29) is 5.41 Å². The van der Waals surface area contributed by atoms with Crippen molar-refractivity contribution >= 4 is 49.4 Å². The molecule has 0 heterocycles. The Morgan fingerprint density at radius 1 is 0.425 bits per heavy atom. The van der Waals surface area contributed by atoms with Gasteiger partial charge >= 0.3 is 0 Å². The molecule has 0 bridgehead atoms. The third-order valence-electron chi connectivity index (χ3n) is 8.77. The van der Waals surface area contributed by atoms with Gasteiger partial charge in [-0.15, -0.1) is 0 Å². The van der Waals surface area contributed by atoms with Gasteiger partial charge in [-0.2, -0.15) is 0 Å². The number of nitrogens with zero attached hydrogens (tertiary/aromatic N) is 1. The van der Waals surface area contributed by atoms with Gasteiger partial charge in [0.25, 0.3) is 0 Å². The Morgan fingerprint density at radius 3 is 1.43 bits per heavy atom. The van der Waals surface area contributed by atoms with Crippen LogP contribution in [0.5, 0.6) is 0 Å². The second-order valence-electron chi connectivity index (χ2n) is 11.3. The zero-order valence-electron chi connectivity index (χ0n) is 22.7. The van der Waals surface area contributed by atoms with Crippen LogP contribution >= 0.6 is 0 Å². The first-order valence-corrected chi connectivity index (χ1v) is 14.1. The Kier molecular flexibility index (Phi) is 4.93.